The van der Waals surface area contributed by atoms with Crippen LogP contribution in [0.5, 0.6) is 5.75 Å². The molecular formula is C19H14N4O5. The molecule has 28 heavy (non-hydrogen) atoms. The second kappa shape index (κ2) is 7.31. The molecule has 0 fully saturated rings. The van der Waals surface area contributed by atoms with E-state index in [1.165, 1.54) is 18.2 Å². The van der Waals surface area contributed by atoms with E-state index < -0.39 is 10.5 Å². The molecule has 0 radical (unpaired) electrons. The van der Waals surface area contributed by atoms with E-state index in [4.69, 9.17) is 9.15 Å². The molecule has 2 heterocycles. The molecule has 0 bridgehead atoms. The largest absolute Gasteiger partial charge is 0.486 e. The first-order valence-electron chi connectivity index (χ1n) is 8.36. The zero-order valence-corrected chi connectivity index (χ0v) is 14.5. The number of non-ortho nitro benzene ring substituents is 1. The second-order valence-electron chi connectivity index (χ2n) is 6.05. The van der Waals surface area contributed by atoms with Gasteiger partial charge < -0.3 is 9.15 Å². The van der Waals surface area contributed by atoms with Crippen LogP contribution in [0, 0.1) is 10.1 Å². The fraction of sp³-hybridized carbons (Fsp3) is 0.105. The number of hydrogen-bond donors (Lipinski definition) is 0. The van der Waals surface area contributed by atoms with Crippen molar-refractivity contribution in [1.82, 2.24) is 15.0 Å². The van der Waals surface area contributed by atoms with Crippen molar-refractivity contribution in [2.45, 2.75) is 13.2 Å². The van der Waals surface area contributed by atoms with Gasteiger partial charge in [-0.2, -0.15) is 0 Å². The lowest BCUT2D eigenvalue weighted by atomic mass is 10.2. The van der Waals surface area contributed by atoms with Crippen molar-refractivity contribution in [3.63, 3.8) is 0 Å². The number of rotatable bonds is 6. The van der Waals surface area contributed by atoms with E-state index >= 15 is 0 Å². The molecule has 0 atom stereocenters. The summed E-state index contributed by atoms with van der Waals surface area (Å²) >= 11 is 0. The molecule has 4 rings (SSSR count). The SMILES string of the molecule is O=c1cc(OCc2cn(Cc3ccc([N+](=O)[O-])cc3)nn2)c2ccccc2o1. The van der Waals surface area contributed by atoms with E-state index in [0.717, 1.165) is 5.56 Å². The van der Waals surface area contributed by atoms with Gasteiger partial charge in [-0.05, 0) is 17.7 Å². The van der Waals surface area contributed by atoms with E-state index in [1.807, 2.05) is 6.07 Å². The highest BCUT2D eigenvalue weighted by Gasteiger charge is 2.09. The molecule has 0 amide bonds. The predicted octanol–water partition coefficient (Wildman–Crippen LogP) is 2.92. The van der Waals surface area contributed by atoms with Crippen LogP contribution in [0.2, 0.25) is 0 Å². The first-order chi connectivity index (χ1) is 13.6. The normalized spacial score (nSPS) is 10.9. The maximum absolute atomic E-state index is 11.7. The standard InChI is InChI=1S/C19H14N4O5/c24-19-9-18(16-3-1-2-4-17(16)28-19)27-12-14-11-22(21-20-14)10-13-5-7-15(8-6-13)23(25)26/h1-9,11H,10,12H2. The van der Waals surface area contributed by atoms with Crippen LogP contribution < -0.4 is 10.4 Å². The quantitative estimate of drug-likeness (QED) is 0.288. The van der Waals surface area contributed by atoms with Gasteiger partial charge in [0.2, 0.25) is 0 Å². The van der Waals surface area contributed by atoms with Crippen molar-refractivity contribution in [2.75, 3.05) is 0 Å². The van der Waals surface area contributed by atoms with E-state index in [1.54, 1.807) is 41.2 Å². The van der Waals surface area contributed by atoms with Crippen molar-refractivity contribution in [3.05, 3.63) is 92.6 Å². The minimum Gasteiger partial charge on any atom is -0.486 e. The third-order valence-electron chi connectivity index (χ3n) is 4.07. The van der Waals surface area contributed by atoms with E-state index in [9.17, 15) is 14.9 Å². The maximum Gasteiger partial charge on any atom is 0.339 e. The summed E-state index contributed by atoms with van der Waals surface area (Å²) in [5, 5.41) is 19.5. The third kappa shape index (κ3) is 3.73. The predicted molar refractivity (Wildman–Crippen MR) is 99.0 cm³/mol. The van der Waals surface area contributed by atoms with Gasteiger partial charge in [-0.3, -0.25) is 10.1 Å². The summed E-state index contributed by atoms with van der Waals surface area (Å²) in [4.78, 5) is 21.9. The molecule has 9 heteroatoms. The molecule has 0 aliphatic rings. The van der Waals surface area contributed by atoms with Crippen LogP contribution in [0.1, 0.15) is 11.3 Å². The van der Waals surface area contributed by atoms with Crippen molar-refractivity contribution in [2.24, 2.45) is 0 Å². The van der Waals surface area contributed by atoms with Gasteiger partial charge in [-0.1, -0.05) is 29.5 Å². The molecule has 0 spiro atoms. The van der Waals surface area contributed by atoms with Gasteiger partial charge in [0.1, 0.15) is 23.6 Å². The van der Waals surface area contributed by atoms with Crippen molar-refractivity contribution >= 4 is 16.7 Å². The number of ether oxygens (including phenoxy) is 1. The van der Waals surface area contributed by atoms with Gasteiger partial charge in [-0.25, -0.2) is 9.48 Å². The van der Waals surface area contributed by atoms with Crippen molar-refractivity contribution in [3.8, 4) is 5.75 Å². The Hall–Kier alpha value is -4.01. The number of nitro benzene ring substituents is 1. The van der Waals surface area contributed by atoms with Crippen molar-refractivity contribution in [1.29, 1.82) is 0 Å². The van der Waals surface area contributed by atoms with Gasteiger partial charge in [0, 0.05) is 12.1 Å². The number of hydrogen-bond acceptors (Lipinski definition) is 7. The highest BCUT2D eigenvalue weighted by Crippen LogP contribution is 2.23. The van der Waals surface area contributed by atoms with Crippen LogP contribution in [-0.4, -0.2) is 19.9 Å². The number of para-hydroxylation sites is 1. The average molecular weight is 378 g/mol. The highest BCUT2D eigenvalue weighted by molar-refractivity contribution is 5.82. The summed E-state index contributed by atoms with van der Waals surface area (Å²) in [5.41, 5.74) is 1.44. The summed E-state index contributed by atoms with van der Waals surface area (Å²) in [5.74, 6) is 0.414. The summed E-state index contributed by atoms with van der Waals surface area (Å²) in [7, 11) is 0. The Morgan fingerprint density at radius 2 is 1.93 bits per heavy atom. The zero-order valence-electron chi connectivity index (χ0n) is 14.5. The van der Waals surface area contributed by atoms with E-state index in [0.29, 0.717) is 29.0 Å². The molecule has 0 saturated heterocycles. The molecule has 140 valence electrons. The van der Waals surface area contributed by atoms with E-state index in [2.05, 4.69) is 10.3 Å². The molecule has 0 aliphatic heterocycles. The van der Waals surface area contributed by atoms with Crippen LogP contribution in [0.4, 0.5) is 5.69 Å². The Balaban J connectivity index is 1.46. The van der Waals surface area contributed by atoms with Crippen LogP contribution in [0.25, 0.3) is 11.0 Å². The topological polar surface area (TPSA) is 113 Å². The Labute approximate surface area is 157 Å². The van der Waals surface area contributed by atoms with Crippen molar-refractivity contribution < 1.29 is 14.1 Å². The van der Waals surface area contributed by atoms with Crippen LogP contribution in [0.15, 0.2) is 70.0 Å². The van der Waals surface area contributed by atoms with Gasteiger partial charge in [-0.15, -0.1) is 5.10 Å². The van der Waals surface area contributed by atoms with E-state index in [-0.39, 0.29) is 12.3 Å². The summed E-state index contributed by atoms with van der Waals surface area (Å²) in [6, 6.07) is 14.6. The van der Waals surface area contributed by atoms with Crippen LogP contribution in [0.3, 0.4) is 0 Å². The maximum atomic E-state index is 11.7. The molecule has 9 nitrogen and oxygen atoms in total. The van der Waals surface area contributed by atoms with Gasteiger partial charge in [0.25, 0.3) is 5.69 Å². The molecule has 2 aromatic heterocycles. The number of nitro groups is 1. The molecule has 0 N–H and O–H groups in total. The monoisotopic (exact) mass is 378 g/mol. The molecular weight excluding hydrogens is 364 g/mol. The minimum atomic E-state index is -0.490. The van der Waals surface area contributed by atoms with Crippen LogP contribution in [-0.2, 0) is 13.2 Å². The first kappa shape index (κ1) is 17.4. The highest BCUT2D eigenvalue weighted by atomic mass is 16.6. The fourth-order valence-electron chi connectivity index (χ4n) is 2.75. The minimum absolute atomic E-state index is 0.0380. The number of nitrogens with zero attached hydrogens (tertiary/aromatic N) is 4. The smallest absolute Gasteiger partial charge is 0.339 e. The number of benzene rings is 2. The number of aromatic nitrogens is 3. The Morgan fingerprint density at radius 1 is 1.14 bits per heavy atom. The lowest BCUT2D eigenvalue weighted by Gasteiger charge is -2.06. The van der Waals surface area contributed by atoms with Gasteiger partial charge in [0.15, 0.2) is 0 Å². The summed E-state index contributed by atoms with van der Waals surface area (Å²) in [6.07, 6.45) is 1.72. The van der Waals surface area contributed by atoms with Gasteiger partial charge >= 0.3 is 5.63 Å². The average Bonchev–Trinajstić information content (AvgIpc) is 3.13. The Morgan fingerprint density at radius 3 is 2.71 bits per heavy atom. The summed E-state index contributed by atoms with van der Waals surface area (Å²) < 4.78 is 12.5. The number of fused-ring (bicyclic) bond motifs is 1. The molecule has 4 aromatic rings. The molecule has 0 saturated carbocycles. The Kier molecular flexibility index (Phi) is 4.55. The lowest BCUT2D eigenvalue weighted by Crippen LogP contribution is -2.02. The van der Waals surface area contributed by atoms with Gasteiger partial charge in [0.05, 0.1) is 29.1 Å². The zero-order chi connectivity index (χ0) is 19.5. The first-order valence-corrected chi connectivity index (χ1v) is 8.36. The Bertz CT molecular complexity index is 1200. The third-order valence-corrected chi connectivity index (χ3v) is 4.07. The molecule has 0 unspecified atom stereocenters. The summed E-state index contributed by atoms with van der Waals surface area (Å²) in [6.45, 7) is 0.552. The lowest BCUT2D eigenvalue weighted by molar-refractivity contribution is -0.384. The second-order valence-corrected chi connectivity index (χ2v) is 6.05. The molecule has 0 aliphatic carbocycles. The fourth-order valence-corrected chi connectivity index (χ4v) is 2.75. The molecule has 2 aromatic carbocycles. The van der Waals surface area contributed by atoms with Crippen LogP contribution >= 0.6 is 0 Å².